The Morgan fingerprint density at radius 2 is 1.95 bits per heavy atom. The molecule has 2 N–H and O–H groups in total. The number of hydrogen-bond acceptors (Lipinski definition) is 5. The first-order chi connectivity index (χ1) is 9.61. The van der Waals surface area contributed by atoms with Crippen LogP contribution in [0.4, 0.5) is 0 Å². The highest BCUT2D eigenvalue weighted by molar-refractivity contribution is 14.0. The van der Waals surface area contributed by atoms with Crippen molar-refractivity contribution in [2.24, 2.45) is 4.99 Å². The van der Waals surface area contributed by atoms with E-state index in [-0.39, 0.29) is 24.0 Å². The number of hydrogen-bond donors (Lipinski definition) is 2. The molecule has 2 aromatic rings. The minimum absolute atomic E-state index is 0. The number of aromatic nitrogens is 2. The second-order valence-electron chi connectivity index (χ2n) is 4.44. The molecule has 21 heavy (non-hydrogen) atoms. The van der Waals surface area contributed by atoms with E-state index in [1.54, 1.807) is 18.4 Å². The van der Waals surface area contributed by atoms with Crippen LogP contribution in [0.2, 0.25) is 0 Å². The number of guanidine groups is 1. The molecule has 8 heteroatoms. The zero-order valence-corrected chi connectivity index (χ0v) is 15.7. The third kappa shape index (κ3) is 4.67. The first-order valence-electron chi connectivity index (χ1n) is 6.37. The molecular formula is C13H20IN5OS. The van der Waals surface area contributed by atoms with Crippen molar-refractivity contribution in [3.63, 3.8) is 0 Å². The number of nitrogens with zero attached hydrogens (tertiary/aromatic N) is 3. The van der Waals surface area contributed by atoms with Crippen LogP contribution in [0.3, 0.4) is 0 Å². The van der Waals surface area contributed by atoms with Crippen LogP contribution in [0, 0.1) is 20.8 Å². The van der Waals surface area contributed by atoms with Crippen LogP contribution in [0.5, 0.6) is 0 Å². The van der Waals surface area contributed by atoms with Gasteiger partial charge in [-0.3, -0.25) is 4.99 Å². The highest BCUT2D eigenvalue weighted by atomic mass is 127. The number of halogens is 1. The molecule has 2 heterocycles. The van der Waals surface area contributed by atoms with Crippen molar-refractivity contribution < 1.29 is 4.52 Å². The fourth-order valence-corrected chi connectivity index (χ4v) is 2.52. The summed E-state index contributed by atoms with van der Waals surface area (Å²) in [6, 6.07) is 0. The van der Waals surface area contributed by atoms with E-state index in [9.17, 15) is 0 Å². The predicted octanol–water partition coefficient (Wildman–Crippen LogP) is 2.54. The van der Waals surface area contributed by atoms with Crippen LogP contribution in [-0.4, -0.2) is 23.1 Å². The Labute approximate surface area is 145 Å². The molecule has 116 valence electrons. The fourth-order valence-electron chi connectivity index (χ4n) is 1.81. The molecule has 0 saturated heterocycles. The molecule has 0 saturated carbocycles. The maximum atomic E-state index is 5.14. The SMILES string of the molecule is CN=C(NCc1scnc1C)NCc1c(C)noc1C.I. The molecule has 0 atom stereocenters. The van der Waals surface area contributed by atoms with Crippen molar-refractivity contribution in [3.8, 4) is 0 Å². The van der Waals surface area contributed by atoms with E-state index >= 15 is 0 Å². The van der Waals surface area contributed by atoms with Crippen molar-refractivity contribution in [3.05, 3.63) is 33.1 Å². The molecule has 0 aliphatic carbocycles. The highest BCUT2D eigenvalue weighted by Gasteiger charge is 2.09. The van der Waals surface area contributed by atoms with E-state index in [0.717, 1.165) is 35.2 Å². The maximum Gasteiger partial charge on any atom is 0.191 e. The minimum Gasteiger partial charge on any atom is -0.361 e. The van der Waals surface area contributed by atoms with Gasteiger partial charge in [0.15, 0.2) is 5.96 Å². The molecule has 0 aliphatic heterocycles. The molecule has 0 amide bonds. The van der Waals surface area contributed by atoms with Gasteiger partial charge in [0.25, 0.3) is 0 Å². The van der Waals surface area contributed by atoms with Crippen LogP contribution in [0.25, 0.3) is 0 Å². The van der Waals surface area contributed by atoms with E-state index in [1.807, 2.05) is 26.3 Å². The molecule has 6 nitrogen and oxygen atoms in total. The second-order valence-corrected chi connectivity index (χ2v) is 5.38. The number of rotatable bonds is 4. The molecule has 0 aromatic carbocycles. The lowest BCUT2D eigenvalue weighted by Gasteiger charge is -2.11. The van der Waals surface area contributed by atoms with Crippen LogP contribution < -0.4 is 10.6 Å². The summed E-state index contributed by atoms with van der Waals surface area (Å²) in [5.41, 5.74) is 4.89. The standard InChI is InChI=1S/C13H19N5OS.HI/c1-8-11(10(3)19-18-8)5-15-13(14-4)16-6-12-9(2)17-7-20-12;/h7H,5-6H2,1-4H3,(H2,14,15,16);1H. The zero-order valence-electron chi connectivity index (χ0n) is 12.6. The van der Waals surface area contributed by atoms with Gasteiger partial charge in [0.1, 0.15) is 5.76 Å². The first-order valence-corrected chi connectivity index (χ1v) is 7.25. The lowest BCUT2D eigenvalue weighted by molar-refractivity contribution is 0.392. The predicted molar refractivity (Wildman–Crippen MR) is 95.3 cm³/mol. The van der Waals surface area contributed by atoms with E-state index in [0.29, 0.717) is 6.54 Å². The van der Waals surface area contributed by atoms with Crippen molar-refractivity contribution in [1.82, 2.24) is 20.8 Å². The highest BCUT2D eigenvalue weighted by Crippen LogP contribution is 2.12. The second kappa shape index (κ2) is 8.32. The summed E-state index contributed by atoms with van der Waals surface area (Å²) in [5, 5.41) is 10.5. The summed E-state index contributed by atoms with van der Waals surface area (Å²) in [5.74, 6) is 1.58. The Hall–Kier alpha value is -1.16. The van der Waals surface area contributed by atoms with Gasteiger partial charge in [-0.1, -0.05) is 5.16 Å². The average Bonchev–Trinajstić information content (AvgIpc) is 2.98. The molecule has 0 bridgehead atoms. The van der Waals surface area contributed by atoms with Crippen LogP contribution in [-0.2, 0) is 13.1 Å². The quantitative estimate of drug-likeness (QED) is 0.451. The average molecular weight is 421 g/mol. The van der Waals surface area contributed by atoms with E-state index in [1.165, 1.54) is 4.88 Å². The fraction of sp³-hybridized carbons (Fsp3) is 0.462. The molecule has 2 aromatic heterocycles. The van der Waals surface area contributed by atoms with Gasteiger partial charge in [-0.15, -0.1) is 35.3 Å². The lowest BCUT2D eigenvalue weighted by atomic mass is 10.2. The van der Waals surface area contributed by atoms with E-state index in [2.05, 4.69) is 25.8 Å². The normalized spacial score (nSPS) is 11.1. The Bertz CT molecular complexity index is 588. The zero-order chi connectivity index (χ0) is 14.5. The Morgan fingerprint density at radius 3 is 2.48 bits per heavy atom. The summed E-state index contributed by atoms with van der Waals surface area (Å²) in [6.45, 7) is 7.21. The molecule has 0 radical (unpaired) electrons. The van der Waals surface area contributed by atoms with Gasteiger partial charge < -0.3 is 15.2 Å². The van der Waals surface area contributed by atoms with Gasteiger partial charge in [-0.2, -0.15) is 0 Å². The largest absolute Gasteiger partial charge is 0.361 e. The first kappa shape index (κ1) is 17.9. The summed E-state index contributed by atoms with van der Waals surface area (Å²) >= 11 is 1.64. The summed E-state index contributed by atoms with van der Waals surface area (Å²) in [7, 11) is 1.75. The Kier molecular flexibility index (Phi) is 7.09. The smallest absolute Gasteiger partial charge is 0.191 e. The maximum absolute atomic E-state index is 5.14. The minimum atomic E-state index is 0. The van der Waals surface area contributed by atoms with Crippen LogP contribution in [0.1, 0.15) is 27.6 Å². The van der Waals surface area contributed by atoms with Crippen LogP contribution in [0.15, 0.2) is 15.0 Å². The molecular weight excluding hydrogens is 401 g/mol. The number of thiazole rings is 1. The summed E-state index contributed by atoms with van der Waals surface area (Å²) in [6.07, 6.45) is 0. The van der Waals surface area contributed by atoms with Gasteiger partial charge in [-0.05, 0) is 20.8 Å². The molecule has 0 fully saturated rings. The van der Waals surface area contributed by atoms with Gasteiger partial charge in [-0.25, -0.2) is 4.98 Å². The number of aryl methyl sites for hydroxylation is 3. The molecule has 0 aliphatic rings. The van der Waals surface area contributed by atoms with E-state index < -0.39 is 0 Å². The van der Waals surface area contributed by atoms with Crippen LogP contribution >= 0.6 is 35.3 Å². The van der Waals surface area contributed by atoms with Crippen molar-refractivity contribution in [2.45, 2.75) is 33.9 Å². The van der Waals surface area contributed by atoms with Gasteiger partial charge in [0.05, 0.1) is 23.4 Å². The summed E-state index contributed by atoms with van der Waals surface area (Å²) < 4.78 is 5.14. The van der Waals surface area contributed by atoms with E-state index in [4.69, 9.17) is 4.52 Å². The number of aliphatic imine (C=N–C) groups is 1. The lowest BCUT2D eigenvalue weighted by Crippen LogP contribution is -2.36. The van der Waals surface area contributed by atoms with Gasteiger partial charge in [0, 0.05) is 24.0 Å². The molecule has 2 rings (SSSR count). The number of nitrogens with one attached hydrogen (secondary N) is 2. The van der Waals surface area contributed by atoms with Crippen molar-refractivity contribution in [1.29, 1.82) is 0 Å². The molecule has 0 spiro atoms. The molecule has 0 unspecified atom stereocenters. The van der Waals surface area contributed by atoms with Gasteiger partial charge >= 0.3 is 0 Å². The Morgan fingerprint density at radius 1 is 1.24 bits per heavy atom. The van der Waals surface area contributed by atoms with Gasteiger partial charge in [0.2, 0.25) is 0 Å². The van der Waals surface area contributed by atoms with Crippen molar-refractivity contribution in [2.75, 3.05) is 7.05 Å². The third-order valence-corrected chi connectivity index (χ3v) is 4.03. The third-order valence-electron chi connectivity index (χ3n) is 3.10. The Balaban J connectivity index is 0.00000220. The monoisotopic (exact) mass is 421 g/mol. The summed E-state index contributed by atoms with van der Waals surface area (Å²) in [4.78, 5) is 9.64. The van der Waals surface area contributed by atoms with Crippen molar-refractivity contribution >= 4 is 41.3 Å². The topological polar surface area (TPSA) is 75.3 Å².